The van der Waals surface area contributed by atoms with E-state index in [-0.39, 0.29) is 24.4 Å². The standard InChI is InChI=1S/C19H22N4O4/c1-21-6-5-14(20-21)19(25)22-10-15-13-9-17(27-3)16(26-2)8-12(13)4-7-23(15)18(24)11-22/h5-6,8-9,15H,4,7,10-11H2,1-3H3. The number of nitrogens with zero attached hydrogens (tertiary/aromatic N) is 4. The predicted molar refractivity (Wildman–Crippen MR) is 96.8 cm³/mol. The minimum Gasteiger partial charge on any atom is -0.493 e. The number of piperazine rings is 1. The summed E-state index contributed by atoms with van der Waals surface area (Å²) in [5.41, 5.74) is 2.47. The fraction of sp³-hybridized carbons (Fsp3) is 0.421. The van der Waals surface area contributed by atoms with Crippen molar-refractivity contribution in [2.45, 2.75) is 12.5 Å². The molecule has 27 heavy (non-hydrogen) atoms. The average molecular weight is 370 g/mol. The van der Waals surface area contributed by atoms with Gasteiger partial charge in [-0.3, -0.25) is 14.3 Å². The Bertz CT molecular complexity index is 907. The fourth-order valence-corrected chi connectivity index (χ4v) is 3.90. The molecule has 0 bridgehead atoms. The Morgan fingerprint density at radius 1 is 1.22 bits per heavy atom. The van der Waals surface area contributed by atoms with Crippen molar-refractivity contribution in [3.8, 4) is 11.5 Å². The zero-order valence-corrected chi connectivity index (χ0v) is 15.6. The van der Waals surface area contributed by atoms with Gasteiger partial charge in [0.05, 0.1) is 20.3 Å². The van der Waals surface area contributed by atoms with Gasteiger partial charge < -0.3 is 19.3 Å². The maximum absolute atomic E-state index is 12.8. The van der Waals surface area contributed by atoms with Crippen LogP contribution in [0.1, 0.15) is 27.7 Å². The molecule has 0 saturated carbocycles. The Morgan fingerprint density at radius 2 is 1.96 bits per heavy atom. The van der Waals surface area contributed by atoms with Crippen molar-refractivity contribution in [2.75, 3.05) is 33.9 Å². The monoisotopic (exact) mass is 370 g/mol. The Labute approximate surface area is 157 Å². The van der Waals surface area contributed by atoms with Gasteiger partial charge in [0.25, 0.3) is 5.91 Å². The van der Waals surface area contributed by atoms with E-state index in [2.05, 4.69) is 5.10 Å². The van der Waals surface area contributed by atoms with Crippen molar-refractivity contribution in [1.82, 2.24) is 19.6 Å². The van der Waals surface area contributed by atoms with Crippen LogP contribution in [0.2, 0.25) is 0 Å². The number of methoxy groups -OCH3 is 2. The molecule has 2 aromatic rings. The van der Waals surface area contributed by atoms with Gasteiger partial charge in [-0.2, -0.15) is 5.10 Å². The summed E-state index contributed by atoms with van der Waals surface area (Å²) in [7, 11) is 4.96. The van der Waals surface area contributed by atoms with Crippen molar-refractivity contribution in [1.29, 1.82) is 0 Å². The third kappa shape index (κ3) is 2.90. The second-order valence-electron chi connectivity index (χ2n) is 6.82. The van der Waals surface area contributed by atoms with Crippen molar-refractivity contribution in [3.63, 3.8) is 0 Å². The Balaban J connectivity index is 1.68. The maximum Gasteiger partial charge on any atom is 0.274 e. The molecule has 1 fully saturated rings. The first-order chi connectivity index (χ1) is 13.0. The number of aryl methyl sites for hydroxylation is 1. The predicted octanol–water partition coefficient (Wildman–Crippen LogP) is 1.02. The van der Waals surface area contributed by atoms with Crippen LogP contribution in [-0.4, -0.2) is 65.2 Å². The number of amides is 2. The molecule has 1 aromatic carbocycles. The van der Waals surface area contributed by atoms with Crippen LogP contribution in [0.15, 0.2) is 24.4 Å². The highest BCUT2D eigenvalue weighted by Gasteiger charge is 2.39. The minimum absolute atomic E-state index is 0.0454. The number of aromatic nitrogens is 2. The average Bonchev–Trinajstić information content (AvgIpc) is 3.12. The third-order valence-corrected chi connectivity index (χ3v) is 5.26. The van der Waals surface area contributed by atoms with Crippen molar-refractivity contribution in [2.24, 2.45) is 7.05 Å². The molecular weight excluding hydrogens is 348 g/mol. The molecule has 1 saturated heterocycles. The van der Waals surface area contributed by atoms with Crippen LogP contribution in [0.4, 0.5) is 0 Å². The first-order valence-corrected chi connectivity index (χ1v) is 8.85. The third-order valence-electron chi connectivity index (χ3n) is 5.26. The molecule has 0 N–H and O–H groups in total. The molecule has 0 radical (unpaired) electrons. The fourth-order valence-electron chi connectivity index (χ4n) is 3.90. The number of benzene rings is 1. The summed E-state index contributed by atoms with van der Waals surface area (Å²) in [6.07, 6.45) is 2.48. The highest BCUT2D eigenvalue weighted by Crippen LogP contribution is 2.39. The molecule has 8 nitrogen and oxygen atoms in total. The zero-order chi connectivity index (χ0) is 19.1. The van der Waals surface area contributed by atoms with Crippen molar-refractivity contribution < 1.29 is 19.1 Å². The molecule has 0 aliphatic carbocycles. The van der Waals surface area contributed by atoms with Gasteiger partial charge in [0.15, 0.2) is 11.5 Å². The number of carbonyl (C=O) groups excluding carboxylic acids is 2. The van der Waals surface area contributed by atoms with E-state index in [1.165, 1.54) is 0 Å². The number of rotatable bonds is 3. The summed E-state index contributed by atoms with van der Waals surface area (Å²) in [6, 6.07) is 5.37. The van der Waals surface area contributed by atoms with E-state index in [9.17, 15) is 9.59 Å². The number of fused-ring (bicyclic) bond motifs is 3. The highest BCUT2D eigenvalue weighted by molar-refractivity contribution is 5.95. The first-order valence-electron chi connectivity index (χ1n) is 8.85. The topological polar surface area (TPSA) is 76.9 Å². The number of hydrogen-bond acceptors (Lipinski definition) is 5. The molecule has 2 amide bonds. The molecule has 4 rings (SSSR count). The van der Waals surface area contributed by atoms with Gasteiger partial charge in [0.1, 0.15) is 12.2 Å². The number of ether oxygens (including phenoxy) is 2. The van der Waals surface area contributed by atoms with Crippen LogP contribution < -0.4 is 9.47 Å². The smallest absolute Gasteiger partial charge is 0.274 e. The SMILES string of the molecule is COc1cc2c(cc1OC)C1CN(C(=O)c3ccn(C)n3)CC(=O)N1CC2. The van der Waals surface area contributed by atoms with Crippen LogP contribution in [0.25, 0.3) is 0 Å². The minimum atomic E-state index is -0.226. The zero-order valence-electron chi connectivity index (χ0n) is 15.6. The van der Waals surface area contributed by atoms with Gasteiger partial charge in [-0.1, -0.05) is 0 Å². The quantitative estimate of drug-likeness (QED) is 0.806. The van der Waals surface area contributed by atoms with E-state index in [1.54, 1.807) is 43.1 Å². The van der Waals surface area contributed by atoms with Crippen LogP contribution in [0, 0.1) is 0 Å². The molecule has 1 unspecified atom stereocenters. The molecule has 142 valence electrons. The van der Waals surface area contributed by atoms with E-state index in [0.29, 0.717) is 30.3 Å². The summed E-state index contributed by atoms with van der Waals surface area (Å²) in [5.74, 6) is 1.03. The Hall–Kier alpha value is -3.03. The van der Waals surface area contributed by atoms with Crippen LogP contribution in [-0.2, 0) is 18.3 Å². The van der Waals surface area contributed by atoms with Crippen molar-refractivity contribution >= 4 is 11.8 Å². The summed E-state index contributed by atoms with van der Waals surface area (Å²) in [6.45, 7) is 1.15. The number of carbonyl (C=O) groups is 2. The molecule has 0 spiro atoms. The van der Waals surface area contributed by atoms with E-state index in [0.717, 1.165) is 17.5 Å². The largest absolute Gasteiger partial charge is 0.493 e. The first kappa shape index (κ1) is 17.4. The van der Waals surface area contributed by atoms with Gasteiger partial charge in [-0.05, 0) is 35.7 Å². The van der Waals surface area contributed by atoms with Crippen LogP contribution in [0.5, 0.6) is 11.5 Å². The summed E-state index contributed by atoms with van der Waals surface area (Å²) in [4.78, 5) is 29.0. The highest BCUT2D eigenvalue weighted by atomic mass is 16.5. The van der Waals surface area contributed by atoms with Gasteiger partial charge in [0, 0.05) is 26.3 Å². The normalized spacial score (nSPS) is 18.8. The van der Waals surface area contributed by atoms with Crippen LogP contribution >= 0.6 is 0 Å². The lowest BCUT2D eigenvalue weighted by atomic mass is 9.90. The van der Waals surface area contributed by atoms with Crippen LogP contribution in [0.3, 0.4) is 0 Å². The lowest BCUT2D eigenvalue weighted by Gasteiger charge is -2.44. The second-order valence-corrected chi connectivity index (χ2v) is 6.82. The van der Waals surface area contributed by atoms with Gasteiger partial charge >= 0.3 is 0 Å². The van der Waals surface area contributed by atoms with E-state index >= 15 is 0 Å². The number of hydrogen-bond donors (Lipinski definition) is 0. The molecule has 1 aromatic heterocycles. The van der Waals surface area contributed by atoms with Crippen molar-refractivity contribution in [3.05, 3.63) is 41.2 Å². The van der Waals surface area contributed by atoms with Gasteiger partial charge in [0.2, 0.25) is 5.91 Å². The summed E-state index contributed by atoms with van der Waals surface area (Å²) < 4.78 is 12.4. The van der Waals surface area contributed by atoms with E-state index < -0.39 is 0 Å². The van der Waals surface area contributed by atoms with E-state index in [4.69, 9.17) is 9.47 Å². The lowest BCUT2D eigenvalue weighted by Crippen LogP contribution is -2.55. The second kappa shape index (κ2) is 6.61. The lowest BCUT2D eigenvalue weighted by molar-refractivity contribution is -0.139. The molecule has 2 aliphatic heterocycles. The van der Waals surface area contributed by atoms with E-state index in [1.807, 2.05) is 17.0 Å². The molecule has 3 heterocycles. The molecule has 2 aliphatic rings. The molecule has 8 heteroatoms. The Kier molecular flexibility index (Phi) is 4.25. The van der Waals surface area contributed by atoms with Gasteiger partial charge in [-0.15, -0.1) is 0 Å². The molecular formula is C19H22N4O4. The molecule has 1 atom stereocenters. The summed E-state index contributed by atoms with van der Waals surface area (Å²) >= 11 is 0. The summed E-state index contributed by atoms with van der Waals surface area (Å²) in [5, 5.41) is 4.17. The van der Waals surface area contributed by atoms with Gasteiger partial charge in [-0.25, -0.2) is 0 Å². The maximum atomic E-state index is 12.8. The Morgan fingerprint density at radius 3 is 2.63 bits per heavy atom.